The van der Waals surface area contributed by atoms with Crippen molar-refractivity contribution < 1.29 is 26.7 Å². The van der Waals surface area contributed by atoms with Gasteiger partial charge in [-0.15, -0.1) is 11.7 Å². The Kier molecular flexibility index (Phi) is 4.85. The Bertz CT molecular complexity index is 987. The van der Waals surface area contributed by atoms with Crippen LogP contribution < -0.4 is 4.90 Å². The summed E-state index contributed by atoms with van der Waals surface area (Å²) >= 11 is 0. The van der Waals surface area contributed by atoms with E-state index in [-0.39, 0.29) is 12.3 Å². The van der Waals surface area contributed by atoms with Gasteiger partial charge in [0.2, 0.25) is 5.82 Å². The summed E-state index contributed by atoms with van der Waals surface area (Å²) in [4.78, 5) is 13.8. The van der Waals surface area contributed by atoms with E-state index in [0.29, 0.717) is 17.5 Å². The standard InChI is InChI=1S/C18H10F5N3O/c1-2-7-26-11-6-4-3-5-9(11)17(18(26)27)25-24-8-10-12(19)14(21)16(23)15(22)13(10)20/h2-6,8H,1,7H2/b24-8-,25-17-. The van der Waals surface area contributed by atoms with Crippen molar-refractivity contribution in [1.82, 2.24) is 0 Å². The summed E-state index contributed by atoms with van der Waals surface area (Å²) in [7, 11) is 0. The molecule has 0 unspecified atom stereocenters. The van der Waals surface area contributed by atoms with Crippen molar-refractivity contribution in [3.05, 3.63) is 77.1 Å². The minimum atomic E-state index is -2.27. The lowest BCUT2D eigenvalue weighted by atomic mass is 10.1. The van der Waals surface area contributed by atoms with Gasteiger partial charge >= 0.3 is 0 Å². The Morgan fingerprint density at radius 1 is 0.963 bits per heavy atom. The molecule has 0 N–H and O–H groups in total. The molecule has 0 saturated heterocycles. The van der Waals surface area contributed by atoms with E-state index in [4.69, 9.17) is 0 Å². The predicted molar refractivity (Wildman–Crippen MR) is 89.4 cm³/mol. The largest absolute Gasteiger partial charge is 0.302 e. The number of para-hydroxylation sites is 1. The van der Waals surface area contributed by atoms with Gasteiger partial charge in [0.25, 0.3) is 5.91 Å². The first kappa shape index (κ1) is 18.4. The molecule has 4 nitrogen and oxygen atoms in total. The zero-order chi connectivity index (χ0) is 19.7. The SMILES string of the molecule is C=CCN1C(=O)/C(=N\N=C/c2c(F)c(F)c(F)c(F)c2F)c2ccccc21. The highest BCUT2D eigenvalue weighted by Crippen LogP contribution is 2.29. The van der Waals surface area contributed by atoms with Crippen LogP contribution in [0.15, 0.2) is 47.1 Å². The van der Waals surface area contributed by atoms with Crippen molar-refractivity contribution in [2.45, 2.75) is 0 Å². The molecule has 9 heteroatoms. The van der Waals surface area contributed by atoms with Gasteiger partial charge < -0.3 is 4.90 Å². The molecule has 3 rings (SSSR count). The number of amides is 1. The first-order chi connectivity index (χ1) is 12.9. The highest BCUT2D eigenvalue weighted by Gasteiger charge is 2.33. The highest BCUT2D eigenvalue weighted by atomic mass is 19.2. The number of nitrogens with zero attached hydrogens (tertiary/aromatic N) is 3. The zero-order valence-electron chi connectivity index (χ0n) is 13.5. The molecule has 1 amide bonds. The summed E-state index contributed by atoms with van der Waals surface area (Å²) in [5.41, 5.74) is -0.434. The maximum absolute atomic E-state index is 13.6. The summed E-state index contributed by atoms with van der Waals surface area (Å²) < 4.78 is 66.7. The van der Waals surface area contributed by atoms with Crippen LogP contribution >= 0.6 is 0 Å². The van der Waals surface area contributed by atoms with Gasteiger partial charge in [0.05, 0.1) is 17.5 Å². The molecule has 0 aromatic heterocycles. The maximum atomic E-state index is 13.6. The minimum Gasteiger partial charge on any atom is -0.302 e. The van der Waals surface area contributed by atoms with E-state index in [1.165, 1.54) is 11.0 Å². The van der Waals surface area contributed by atoms with Crippen molar-refractivity contribution >= 4 is 23.5 Å². The lowest BCUT2D eigenvalue weighted by molar-refractivity contribution is -0.112. The molecule has 0 atom stereocenters. The Balaban J connectivity index is 2.02. The molecule has 1 aliphatic rings. The summed E-state index contributed by atoms with van der Waals surface area (Å²) in [6, 6.07) is 6.59. The first-order valence-electron chi connectivity index (χ1n) is 7.53. The molecule has 2 aromatic carbocycles. The number of rotatable bonds is 4. The second-order valence-electron chi connectivity index (χ2n) is 5.40. The second kappa shape index (κ2) is 7.10. The third-order valence-corrected chi connectivity index (χ3v) is 3.80. The number of carbonyl (C=O) groups is 1. The van der Waals surface area contributed by atoms with Crippen LogP contribution in [0.25, 0.3) is 0 Å². The van der Waals surface area contributed by atoms with Crippen molar-refractivity contribution in [3.63, 3.8) is 0 Å². The smallest absolute Gasteiger partial charge is 0.279 e. The van der Waals surface area contributed by atoms with Crippen LogP contribution in [0.3, 0.4) is 0 Å². The van der Waals surface area contributed by atoms with Crippen LogP contribution in [-0.2, 0) is 4.79 Å². The third-order valence-electron chi connectivity index (χ3n) is 3.80. The average molecular weight is 379 g/mol. The molecule has 0 bridgehead atoms. The van der Waals surface area contributed by atoms with Crippen LogP contribution in [0.5, 0.6) is 0 Å². The molecular weight excluding hydrogens is 369 g/mol. The fourth-order valence-corrected chi connectivity index (χ4v) is 2.55. The fourth-order valence-electron chi connectivity index (χ4n) is 2.55. The third kappa shape index (κ3) is 3.01. The van der Waals surface area contributed by atoms with E-state index in [1.807, 2.05) is 0 Å². The molecule has 1 heterocycles. The number of carbonyl (C=O) groups excluding carboxylic acids is 1. The highest BCUT2D eigenvalue weighted by molar-refractivity contribution is 6.54. The molecule has 2 aromatic rings. The molecule has 0 aliphatic carbocycles. The normalized spacial score (nSPS) is 15.1. The number of anilines is 1. The number of hydrogen-bond acceptors (Lipinski definition) is 3. The lowest BCUT2D eigenvalue weighted by Gasteiger charge is -2.13. The Labute approximate surface area is 149 Å². The van der Waals surface area contributed by atoms with Gasteiger partial charge in [0.1, 0.15) is 0 Å². The molecule has 0 radical (unpaired) electrons. The number of benzene rings is 2. The van der Waals surface area contributed by atoms with E-state index in [9.17, 15) is 26.7 Å². The number of fused-ring (bicyclic) bond motifs is 1. The van der Waals surface area contributed by atoms with Crippen molar-refractivity contribution in [2.75, 3.05) is 11.4 Å². The average Bonchev–Trinajstić information content (AvgIpc) is 2.93. The summed E-state index contributed by atoms with van der Waals surface area (Å²) in [5, 5.41) is 6.98. The molecule has 138 valence electrons. The summed E-state index contributed by atoms with van der Waals surface area (Å²) in [6.07, 6.45) is 1.87. The quantitative estimate of drug-likeness (QED) is 0.199. The second-order valence-corrected chi connectivity index (χ2v) is 5.40. The van der Waals surface area contributed by atoms with Crippen LogP contribution in [0.2, 0.25) is 0 Å². The monoisotopic (exact) mass is 379 g/mol. The molecule has 0 fully saturated rings. The zero-order valence-corrected chi connectivity index (χ0v) is 13.5. The Hall–Kier alpha value is -3.36. The first-order valence-corrected chi connectivity index (χ1v) is 7.53. The lowest BCUT2D eigenvalue weighted by Crippen LogP contribution is -2.30. The van der Waals surface area contributed by atoms with Crippen LogP contribution in [-0.4, -0.2) is 24.4 Å². The fraction of sp³-hybridized carbons (Fsp3) is 0.0556. The van der Waals surface area contributed by atoms with Crippen LogP contribution in [0, 0.1) is 29.1 Å². The van der Waals surface area contributed by atoms with Crippen molar-refractivity contribution in [3.8, 4) is 0 Å². The van der Waals surface area contributed by atoms with E-state index < -0.39 is 40.6 Å². The molecule has 0 saturated carbocycles. The molecular formula is C18H10F5N3O. The van der Waals surface area contributed by atoms with Gasteiger partial charge in [0.15, 0.2) is 29.0 Å². The topological polar surface area (TPSA) is 45.0 Å². The van der Waals surface area contributed by atoms with E-state index >= 15 is 0 Å². The van der Waals surface area contributed by atoms with Gasteiger partial charge in [-0.3, -0.25) is 4.79 Å². The van der Waals surface area contributed by atoms with E-state index in [0.717, 1.165) is 0 Å². The van der Waals surface area contributed by atoms with Gasteiger partial charge in [-0.25, -0.2) is 22.0 Å². The van der Waals surface area contributed by atoms with Gasteiger partial charge in [-0.1, -0.05) is 24.3 Å². The molecule has 27 heavy (non-hydrogen) atoms. The van der Waals surface area contributed by atoms with Gasteiger partial charge in [0, 0.05) is 12.1 Å². The van der Waals surface area contributed by atoms with Gasteiger partial charge in [-0.2, -0.15) is 5.10 Å². The number of hydrogen-bond donors (Lipinski definition) is 0. The molecule has 1 aliphatic heterocycles. The summed E-state index contributed by atoms with van der Waals surface area (Å²) in [5.74, 6) is -11.1. The van der Waals surface area contributed by atoms with Gasteiger partial charge in [-0.05, 0) is 6.07 Å². The molecule has 0 spiro atoms. The predicted octanol–water partition coefficient (Wildman–Crippen LogP) is 3.74. The van der Waals surface area contributed by atoms with Crippen molar-refractivity contribution in [1.29, 1.82) is 0 Å². The Morgan fingerprint density at radius 3 is 2.19 bits per heavy atom. The van der Waals surface area contributed by atoms with E-state index in [1.54, 1.807) is 24.3 Å². The number of halogens is 5. The minimum absolute atomic E-state index is 0.132. The van der Waals surface area contributed by atoms with E-state index in [2.05, 4.69) is 16.8 Å². The Morgan fingerprint density at radius 2 is 1.56 bits per heavy atom. The maximum Gasteiger partial charge on any atom is 0.279 e. The summed E-state index contributed by atoms with van der Waals surface area (Å²) in [6.45, 7) is 3.74. The van der Waals surface area contributed by atoms with Crippen molar-refractivity contribution in [2.24, 2.45) is 10.2 Å². The van der Waals surface area contributed by atoms with Crippen LogP contribution in [0.1, 0.15) is 11.1 Å². The van der Waals surface area contributed by atoms with Crippen LogP contribution in [0.4, 0.5) is 27.6 Å².